The molecule has 2 aromatic heterocycles. The van der Waals surface area contributed by atoms with E-state index in [1.165, 1.54) is 15.7 Å². The maximum absolute atomic E-state index is 14.5. The molecule has 22 heteroatoms. The van der Waals surface area contributed by atoms with Gasteiger partial charge in [0.15, 0.2) is 22.4 Å². The highest BCUT2D eigenvalue weighted by Crippen LogP contribution is 2.40. The number of piperazine rings is 1. The fourth-order valence-electron chi connectivity index (χ4n) is 8.93. The third kappa shape index (κ3) is 8.85. The third-order valence-electron chi connectivity index (χ3n) is 12.0. The molecule has 62 heavy (non-hydrogen) atoms. The van der Waals surface area contributed by atoms with Gasteiger partial charge >= 0.3 is 18.4 Å². The molecule has 1 saturated carbocycles. The van der Waals surface area contributed by atoms with Crippen molar-refractivity contribution < 1.29 is 50.3 Å². The second-order valence-electron chi connectivity index (χ2n) is 16.4. The van der Waals surface area contributed by atoms with Gasteiger partial charge in [-0.2, -0.15) is 36.7 Å². The number of nitrogens with zero attached hydrogens (tertiary/aromatic N) is 9. The van der Waals surface area contributed by atoms with Crippen LogP contribution in [0, 0.1) is 11.3 Å². The van der Waals surface area contributed by atoms with Crippen LogP contribution >= 0.6 is 12.2 Å². The summed E-state index contributed by atoms with van der Waals surface area (Å²) in [5, 5.41) is 16.5. The summed E-state index contributed by atoms with van der Waals surface area (Å²) in [6, 6.07) is 4.50. The molecule has 4 fully saturated rings. The number of nitriles is 1. The normalized spacial score (nSPS) is 23.0. The van der Waals surface area contributed by atoms with Crippen molar-refractivity contribution in [3.8, 4) is 6.07 Å². The zero-order valence-corrected chi connectivity index (χ0v) is 34.9. The van der Waals surface area contributed by atoms with Crippen LogP contribution in [-0.2, 0) is 38.8 Å². The Morgan fingerprint density at radius 3 is 2.45 bits per heavy atom. The van der Waals surface area contributed by atoms with Gasteiger partial charge in [-0.3, -0.25) is 44.0 Å². The summed E-state index contributed by atoms with van der Waals surface area (Å²) in [7, 11) is 1.64. The number of fused-ring (bicyclic) bond motifs is 1. The number of para-hydroxylation sites is 1. The number of carbonyl (C=O) groups is 4. The van der Waals surface area contributed by atoms with E-state index in [9.17, 15) is 45.5 Å². The topological polar surface area (TPSA) is 160 Å². The number of hydrogen-bond acceptors (Lipinski definition) is 11. The van der Waals surface area contributed by atoms with E-state index >= 15 is 0 Å². The maximum Gasteiger partial charge on any atom is 0.419 e. The van der Waals surface area contributed by atoms with Crippen LogP contribution in [0.25, 0.3) is 10.9 Å². The highest BCUT2D eigenvalue weighted by atomic mass is 32.1. The zero-order valence-electron chi connectivity index (χ0n) is 34.1. The number of aromatic nitrogens is 3. The summed E-state index contributed by atoms with van der Waals surface area (Å²) in [5.41, 5.74) is -2.39. The number of alkyl halides is 6. The molecule has 1 aromatic carbocycles. The number of imide groups is 1. The van der Waals surface area contributed by atoms with E-state index in [0.29, 0.717) is 54.0 Å². The molecule has 5 heterocycles. The second-order valence-corrected chi connectivity index (χ2v) is 16.8. The largest absolute Gasteiger partial charge is 0.419 e. The fourth-order valence-corrected chi connectivity index (χ4v) is 9.50. The molecule has 15 nitrogen and oxygen atoms in total. The maximum atomic E-state index is 14.5. The molecule has 0 bridgehead atoms. The number of rotatable bonds is 11. The molecule has 1 atom stereocenters. The van der Waals surface area contributed by atoms with Crippen LogP contribution in [0.5, 0.6) is 0 Å². The second kappa shape index (κ2) is 17.1. The monoisotopic (exact) mass is 890 g/mol. The molecule has 0 unspecified atom stereocenters. The predicted octanol–water partition coefficient (Wildman–Crippen LogP) is 4.71. The minimum Gasteiger partial charge on any atom is -0.377 e. The Morgan fingerprint density at radius 2 is 1.79 bits per heavy atom. The zero-order chi connectivity index (χ0) is 44.9. The lowest BCUT2D eigenvalue weighted by Crippen LogP contribution is -2.60. The molecule has 4 aliphatic rings. The Kier molecular flexibility index (Phi) is 12.4. The van der Waals surface area contributed by atoms with Crippen molar-refractivity contribution in [1.29, 1.82) is 5.26 Å². The number of ether oxygens (including phenoxy) is 1. The number of hydrogen-bond donors (Lipinski definition) is 1. The molecule has 4 amide bonds. The van der Waals surface area contributed by atoms with Crippen LogP contribution in [0.4, 0.5) is 42.6 Å². The number of nitrogens with one attached hydrogen (secondary N) is 1. The lowest BCUT2D eigenvalue weighted by molar-refractivity contribution is -0.197. The number of ketones is 1. The van der Waals surface area contributed by atoms with E-state index in [4.69, 9.17) is 22.2 Å². The molecule has 3 aromatic rings. The van der Waals surface area contributed by atoms with Crippen molar-refractivity contribution in [3.05, 3.63) is 47.3 Å². The van der Waals surface area contributed by atoms with E-state index in [1.807, 2.05) is 0 Å². The summed E-state index contributed by atoms with van der Waals surface area (Å²) < 4.78 is 92.1. The first kappa shape index (κ1) is 44.8. The van der Waals surface area contributed by atoms with Gasteiger partial charge in [0.25, 0.3) is 5.91 Å². The van der Waals surface area contributed by atoms with Crippen molar-refractivity contribution >= 4 is 63.4 Å². The van der Waals surface area contributed by atoms with Crippen molar-refractivity contribution in [2.24, 2.45) is 7.05 Å². The first-order valence-electron chi connectivity index (χ1n) is 20.1. The van der Waals surface area contributed by atoms with Gasteiger partial charge < -0.3 is 9.64 Å². The summed E-state index contributed by atoms with van der Waals surface area (Å²) in [4.78, 5) is 61.7. The number of urea groups is 1. The number of benzene rings is 1. The number of Topliss-reactive ketones (excluding diaryl/α,β-unsaturated/α-hetero) is 1. The first-order chi connectivity index (χ1) is 29.2. The van der Waals surface area contributed by atoms with Gasteiger partial charge in [-0.05, 0) is 69.4 Å². The lowest BCUT2D eigenvalue weighted by Gasteiger charge is -2.42. The Hall–Kier alpha value is -5.24. The summed E-state index contributed by atoms with van der Waals surface area (Å²) in [6.45, 7) is 3.31. The van der Waals surface area contributed by atoms with Crippen LogP contribution in [0.1, 0.15) is 62.8 Å². The van der Waals surface area contributed by atoms with Gasteiger partial charge in [0.2, 0.25) is 5.91 Å². The van der Waals surface area contributed by atoms with Crippen LogP contribution in [0.15, 0.2) is 30.5 Å². The minimum absolute atomic E-state index is 0.00118. The van der Waals surface area contributed by atoms with E-state index in [2.05, 4.69) is 15.4 Å². The van der Waals surface area contributed by atoms with Gasteiger partial charge in [-0.1, -0.05) is 12.1 Å². The fraction of sp³-hybridized carbons (Fsp3) is 0.550. The quantitative estimate of drug-likeness (QED) is 0.209. The van der Waals surface area contributed by atoms with E-state index in [-0.39, 0.29) is 75.1 Å². The minimum atomic E-state index is -4.88. The number of thiocarbonyl (C=S) groups is 1. The van der Waals surface area contributed by atoms with Gasteiger partial charge in [0.05, 0.1) is 42.2 Å². The van der Waals surface area contributed by atoms with Crippen LogP contribution in [-0.4, -0.2) is 134 Å². The predicted molar refractivity (Wildman–Crippen MR) is 215 cm³/mol. The third-order valence-corrected chi connectivity index (χ3v) is 12.4. The van der Waals surface area contributed by atoms with E-state index in [1.54, 1.807) is 48.9 Å². The van der Waals surface area contributed by atoms with Gasteiger partial charge in [-0.25, -0.2) is 9.78 Å². The Morgan fingerprint density at radius 1 is 1.06 bits per heavy atom. The number of carbonyl (C=O) groups excluding carboxylic acids is 4. The number of aryl methyl sites for hydroxylation is 1. The summed E-state index contributed by atoms with van der Waals surface area (Å²) >= 11 is 5.66. The lowest BCUT2D eigenvalue weighted by atomic mass is 9.89. The first-order valence-corrected chi connectivity index (χ1v) is 20.5. The van der Waals surface area contributed by atoms with E-state index < -0.39 is 65.4 Å². The molecule has 332 valence electrons. The molecular weight excluding hydrogens is 847 g/mol. The smallest absolute Gasteiger partial charge is 0.377 e. The number of anilines is 2. The van der Waals surface area contributed by atoms with Gasteiger partial charge in [-0.15, -0.1) is 0 Å². The van der Waals surface area contributed by atoms with Crippen LogP contribution < -0.4 is 15.1 Å². The van der Waals surface area contributed by atoms with Crippen molar-refractivity contribution in [3.63, 3.8) is 0 Å². The number of halogens is 6. The van der Waals surface area contributed by atoms with Crippen molar-refractivity contribution in [2.45, 2.75) is 88.5 Å². The molecule has 3 saturated heterocycles. The van der Waals surface area contributed by atoms with E-state index in [0.717, 1.165) is 16.0 Å². The summed E-state index contributed by atoms with van der Waals surface area (Å²) in [5.74, 6) is -1.04. The molecule has 0 spiro atoms. The Labute approximate surface area is 357 Å². The van der Waals surface area contributed by atoms with Crippen LogP contribution in [0.3, 0.4) is 0 Å². The molecule has 1 aliphatic carbocycles. The Balaban J connectivity index is 0.910. The molecular formula is C40H44F6N10O5S. The van der Waals surface area contributed by atoms with Crippen molar-refractivity contribution in [2.75, 3.05) is 55.7 Å². The summed E-state index contributed by atoms with van der Waals surface area (Å²) in [6.07, 6.45) is -6.58. The number of pyridine rings is 1. The van der Waals surface area contributed by atoms with Gasteiger partial charge in [0.1, 0.15) is 17.6 Å². The van der Waals surface area contributed by atoms with Crippen LogP contribution in [0.2, 0.25) is 0 Å². The number of amides is 4. The van der Waals surface area contributed by atoms with Crippen molar-refractivity contribution in [1.82, 2.24) is 34.8 Å². The molecule has 1 N–H and O–H groups in total. The Bertz CT molecular complexity index is 2320. The van der Waals surface area contributed by atoms with Gasteiger partial charge in [0, 0.05) is 64.0 Å². The average Bonchev–Trinajstić information content (AvgIpc) is 3.63. The standard InChI is InChI=1S/C40H44F6N10O5S/c1-38(2)35(59)55(25-18-29(39(41,42)43)30(19-47)48-20-25)37(62)56(38)24-7-9-27(10-8-24)61-16-15-52-13-14-53(31(22-52)40(44,45)46)21-26(57)17-23-5-4-6-28-33(23)51(3)50-34(28)54-12-11-32(58)49-36(54)60/h4-6,18,20,24,27,31H,7-17,21-22H2,1-3H3,(H,49,58,60)/t24?,27?,31-/m1/s1. The average molecular weight is 891 g/mol. The highest BCUT2D eigenvalue weighted by Gasteiger charge is 2.53. The molecule has 0 radical (unpaired) electrons. The molecule has 3 aliphatic heterocycles. The molecule has 7 rings (SSSR count). The highest BCUT2D eigenvalue weighted by molar-refractivity contribution is 7.80. The SMILES string of the molecule is Cn1nc(N2CCC(=O)NC2=O)c2cccc(CC(=O)CN3CCN(CCOC4CCC(N5C(=S)N(c6cnc(C#N)c(C(F)(F)F)c6)C(=O)C5(C)C)CC4)C[C@@H]3C(F)(F)F)c21.